The Morgan fingerprint density at radius 2 is 1.57 bits per heavy atom. The maximum Gasteiger partial charge on any atom is 0.156 e. The Morgan fingerprint density at radius 3 is 2.13 bits per heavy atom. The average molecular weight is 309 g/mol. The third-order valence-electron chi connectivity index (χ3n) is 3.86. The van der Waals surface area contributed by atoms with Gasteiger partial charge < -0.3 is 0 Å². The predicted octanol–water partition coefficient (Wildman–Crippen LogP) is 5.34. The number of aromatic nitrogens is 3. The van der Waals surface area contributed by atoms with Gasteiger partial charge in [-0.1, -0.05) is 65.0 Å². The van der Waals surface area contributed by atoms with Crippen molar-refractivity contribution in [3.8, 4) is 11.3 Å². The molecule has 3 nitrogen and oxygen atoms in total. The van der Waals surface area contributed by atoms with Crippen molar-refractivity contribution in [2.24, 2.45) is 0 Å². The molecule has 2 heterocycles. The van der Waals surface area contributed by atoms with E-state index in [1.807, 2.05) is 36.6 Å². The highest BCUT2D eigenvalue weighted by atomic mass is 15.3. The Morgan fingerprint density at radius 1 is 0.957 bits per heavy atom. The Balaban J connectivity index is 0.000000924. The molecular formula is C20H27N3. The summed E-state index contributed by atoms with van der Waals surface area (Å²) in [5.41, 5.74) is 6.56. The van der Waals surface area contributed by atoms with Crippen LogP contribution in [0.1, 0.15) is 51.6 Å². The molecule has 3 aromatic rings. The highest BCUT2D eigenvalue weighted by Crippen LogP contribution is 2.29. The van der Waals surface area contributed by atoms with Crippen LogP contribution in [0.5, 0.6) is 0 Å². The molecule has 2 aromatic heterocycles. The van der Waals surface area contributed by atoms with Gasteiger partial charge in [0.05, 0.1) is 11.4 Å². The normalized spacial score (nSPS) is 11.3. The van der Waals surface area contributed by atoms with E-state index in [2.05, 4.69) is 52.8 Å². The van der Waals surface area contributed by atoms with Crippen molar-refractivity contribution in [2.75, 3.05) is 0 Å². The molecule has 0 aliphatic carbocycles. The van der Waals surface area contributed by atoms with E-state index >= 15 is 0 Å². The molecule has 0 bridgehead atoms. The highest BCUT2D eigenvalue weighted by molar-refractivity contribution is 5.64. The van der Waals surface area contributed by atoms with Gasteiger partial charge in [-0.25, -0.2) is 9.50 Å². The minimum Gasteiger partial charge on any atom is -0.234 e. The standard InChI is InChI=1S/C18H21N3.C2H6/c1-12-13(2)19-16-11-15(14-9-7-6-8-10-14)20-21(16)17(12)18(3,4)5;1-2/h6-11H,1-5H3;1-2H3. The van der Waals surface area contributed by atoms with Gasteiger partial charge in [-0.15, -0.1) is 0 Å². The zero-order valence-electron chi connectivity index (χ0n) is 15.3. The van der Waals surface area contributed by atoms with Gasteiger partial charge in [0.15, 0.2) is 5.65 Å². The van der Waals surface area contributed by atoms with Crippen molar-refractivity contribution in [1.82, 2.24) is 14.6 Å². The lowest BCUT2D eigenvalue weighted by atomic mass is 9.88. The monoisotopic (exact) mass is 309 g/mol. The maximum atomic E-state index is 4.81. The Hall–Kier alpha value is -2.16. The molecule has 0 radical (unpaired) electrons. The molecule has 0 fully saturated rings. The second-order valence-electron chi connectivity index (χ2n) is 6.59. The lowest BCUT2D eigenvalue weighted by molar-refractivity contribution is 0.540. The molecule has 0 aliphatic heterocycles. The van der Waals surface area contributed by atoms with E-state index in [0.717, 1.165) is 22.6 Å². The number of hydrogen-bond acceptors (Lipinski definition) is 2. The number of hydrogen-bond donors (Lipinski definition) is 0. The van der Waals surface area contributed by atoms with Gasteiger partial charge in [0.25, 0.3) is 0 Å². The zero-order chi connectivity index (χ0) is 17.2. The van der Waals surface area contributed by atoms with Gasteiger partial charge in [0.1, 0.15) is 0 Å². The van der Waals surface area contributed by atoms with Gasteiger partial charge in [0, 0.05) is 22.7 Å². The molecule has 122 valence electrons. The molecular weight excluding hydrogens is 282 g/mol. The smallest absolute Gasteiger partial charge is 0.156 e. The fourth-order valence-corrected chi connectivity index (χ4v) is 2.83. The molecule has 0 saturated carbocycles. The Labute approximate surface area is 139 Å². The lowest BCUT2D eigenvalue weighted by Crippen LogP contribution is -2.20. The average Bonchev–Trinajstić information content (AvgIpc) is 2.93. The predicted molar refractivity (Wildman–Crippen MR) is 97.9 cm³/mol. The Kier molecular flexibility index (Phi) is 4.88. The lowest BCUT2D eigenvalue weighted by Gasteiger charge is -2.23. The van der Waals surface area contributed by atoms with Crippen molar-refractivity contribution in [2.45, 2.75) is 53.9 Å². The topological polar surface area (TPSA) is 30.2 Å². The van der Waals surface area contributed by atoms with Gasteiger partial charge >= 0.3 is 0 Å². The maximum absolute atomic E-state index is 4.81. The van der Waals surface area contributed by atoms with E-state index in [-0.39, 0.29) is 5.41 Å². The van der Waals surface area contributed by atoms with Crippen molar-refractivity contribution in [3.05, 3.63) is 53.3 Å². The number of aryl methyl sites for hydroxylation is 1. The first-order chi connectivity index (χ1) is 10.9. The van der Waals surface area contributed by atoms with E-state index in [1.54, 1.807) is 0 Å². The summed E-state index contributed by atoms with van der Waals surface area (Å²) in [5.74, 6) is 0. The molecule has 0 saturated heterocycles. The van der Waals surface area contributed by atoms with Gasteiger partial charge in [-0.2, -0.15) is 5.10 Å². The molecule has 0 unspecified atom stereocenters. The first-order valence-electron chi connectivity index (χ1n) is 8.31. The minimum atomic E-state index is 0.0238. The zero-order valence-corrected chi connectivity index (χ0v) is 15.3. The van der Waals surface area contributed by atoms with E-state index in [4.69, 9.17) is 10.1 Å². The second kappa shape index (κ2) is 6.53. The molecule has 0 atom stereocenters. The van der Waals surface area contributed by atoms with Crippen LogP contribution in [0.25, 0.3) is 16.9 Å². The summed E-state index contributed by atoms with van der Waals surface area (Å²) in [7, 11) is 0. The summed E-state index contributed by atoms with van der Waals surface area (Å²) in [5, 5.41) is 4.81. The van der Waals surface area contributed by atoms with Crippen LogP contribution in [0.3, 0.4) is 0 Å². The summed E-state index contributed by atoms with van der Waals surface area (Å²) in [6.45, 7) is 14.9. The van der Waals surface area contributed by atoms with Crippen LogP contribution in [0, 0.1) is 13.8 Å². The Bertz CT molecular complexity index is 793. The van der Waals surface area contributed by atoms with Crippen LogP contribution >= 0.6 is 0 Å². The SMILES string of the molecule is CC.Cc1nc2cc(-c3ccccc3)nn2c(C(C)(C)C)c1C. The fraction of sp³-hybridized carbons (Fsp3) is 0.400. The third kappa shape index (κ3) is 3.29. The van der Waals surface area contributed by atoms with Crippen LogP contribution in [0.2, 0.25) is 0 Å². The summed E-state index contributed by atoms with van der Waals surface area (Å²) >= 11 is 0. The number of rotatable bonds is 1. The summed E-state index contributed by atoms with van der Waals surface area (Å²) < 4.78 is 2.00. The molecule has 23 heavy (non-hydrogen) atoms. The third-order valence-corrected chi connectivity index (χ3v) is 3.86. The number of benzene rings is 1. The van der Waals surface area contributed by atoms with Crippen molar-refractivity contribution in [3.63, 3.8) is 0 Å². The molecule has 0 aliphatic rings. The summed E-state index contributed by atoms with van der Waals surface area (Å²) in [6.07, 6.45) is 0. The number of nitrogens with zero attached hydrogens (tertiary/aromatic N) is 3. The summed E-state index contributed by atoms with van der Waals surface area (Å²) in [4.78, 5) is 4.70. The van der Waals surface area contributed by atoms with E-state index in [0.29, 0.717) is 0 Å². The van der Waals surface area contributed by atoms with E-state index in [9.17, 15) is 0 Å². The van der Waals surface area contributed by atoms with Crippen LogP contribution < -0.4 is 0 Å². The second-order valence-corrected chi connectivity index (χ2v) is 6.59. The first kappa shape index (κ1) is 17.2. The number of fused-ring (bicyclic) bond motifs is 1. The van der Waals surface area contributed by atoms with Crippen molar-refractivity contribution < 1.29 is 0 Å². The molecule has 3 rings (SSSR count). The first-order valence-corrected chi connectivity index (χ1v) is 8.31. The van der Waals surface area contributed by atoms with Crippen LogP contribution in [-0.4, -0.2) is 14.6 Å². The van der Waals surface area contributed by atoms with Crippen LogP contribution in [-0.2, 0) is 5.41 Å². The molecule has 0 spiro atoms. The molecule has 0 amide bonds. The minimum absolute atomic E-state index is 0.0238. The largest absolute Gasteiger partial charge is 0.234 e. The van der Waals surface area contributed by atoms with Crippen molar-refractivity contribution in [1.29, 1.82) is 0 Å². The van der Waals surface area contributed by atoms with Crippen LogP contribution in [0.15, 0.2) is 36.4 Å². The van der Waals surface area contributed by atoms with Gasteiger partial charge in [-0.05, 0) is 19.4 Å². The van der Waals surface area contributed by atoms with E-state index < -0.39 is 0 Å². The summed E-state index contributed by atoms with van der Waals surface area (Å²) in [6, 6.07) is 12.3. The molecule has 0 N–H and O–H groups in total. The van der Waals surface area contributed by atoms with Gasteiger partial charge in [0.2, 0.25) is 0 Å². The molecule has 3 heteroatoms. The van der Waals surface area contributed by atoms with Crippen molar-refractivity contribution >= 4 is 5.65 Å². The molecule has 1 aromatic carbocycles. The fourth-order valence-electron chi connectivity index (χ4n) is 2.83. The quantitative estimate of drug-likeness (QED) is 0.607. The van der Waals surface area contributed by atoms with E-state index in [1.165, 1.54) is 11.3 Å². The highest BCUT2D eigenvalue weighted by Gasteiger charge is 2.23. The van der Waals surface area contributed by atoms with Crippen LogP contribution in [0.4, 0.5) is 0 Å². The van der Waals surface area contributed by atoms with Gasteiger partial charge in [-0.3, -0.25) is 0 Å².